The van der Waals surface area contributed by atoms with Crippen molar-refractivity contribution >= 4 is 43.4 Å². The largest absolute Gasteiger partial charge is 0.476 e. The van der Waals surface area contributed by atoms with Crippen LogP contribution in [-0.2, 0) is 37.4 Å². The summed E-state index contributed by atoms with van der Waals surface area (Å²) in [6, 6.07) is -1.12. The van der Waals surface area contributed by atoms with E-state index < -0.39 is 74.7 Å². The average Bonchev–Trinajstić information content (AvgIpc) is 3.50. The van der Waals surface area contributed by atoms with Gasteiger partial charge in [-0.1, -0.05) is 20.8 Å². The summed E-state index contributed by atoms with van der Waals surface area (Å²) >= 11 is 0. The maximum absolute atomic E-state index is 13.9. The smallest absolute Gasteiger partial charge is 0.406 e. The zero-order valence-electron chi connectivity index (χ0n) is 27.7. The number of aliphatic hydroxyl groups is 2. The van der Waals surface area contributed by atoms with Gasteiger partial charge in [-0.25, -0.2) is 14.4 Å². The molecule has 17 nitrogen and oxygen atoms in total. The number of esters is 2. The van der Waals surface area contributed by atoms with Gasteiger partial charge in [0.1, 0.15) is 23.9 Å². The average molecular weight is 677 g/mol. The Balaban J connectivity index is 2.26. The minimum absolute atomic E-state index is 0.0340. The quantitative estimate of drug-likeness (QED) is 0.0750. The number of aromatic nitrogens is 2. The van der Waals surface area contributed by atoms with Gasteiger partial charge in [-0.3, -0.25) is 18.8 Å². The van der Waals surface area contributed by atoms with Gasteiger partial charge in [0.05, 0.1) is 25.9 Å². The van der Waals surface area contributed by atoms with Gasteiger partial charge in [0.2, 0.25) is 11.8 Å². The van der Waals surface area contributed by atoms with Crippen LogP contribution in [0.25, 0.3) is 0 Å². The molecule has 46 heavy (non-hydrogen) atoms. The van der Waals surface area contributed by atoms with Crippen molar-refractivity contribution in [1.29, 1.82) is 0 Å². The van der Waals surface area contributed by atoms with Gasteiger partial charge in [0, 0.05) is 19.2 Å². The van der Waals surface area contributed by atoms with Crippen molar-refractivity contribution in [1.82, 2.24) is 15.1 Å². The lowest BCUT2D eigenvalue weighted by atomic mass is 10.0. The molecule has 0 radical (unpaired) electrons. The zero-order valence-corrected chi connectivity index (χ0v) is 28.6. The predicted molar refractivity (Wildman–Crippen MR) is 168 cm³/mol. The molecule has 18 heteroatoms. The molecule has 0 amide bonds. The van der Waals surface area contributed by atoms with Crippen LogP contribution in [-0.4, -0.2) is 102 Å². The summed E-state index contributed by atoms with van der Waals surface area (Å²) in [7, 11) is -3.19. The number of methoxy groups -OCH3 is 1. The second kappa shape index (κ2) is 17.3. The monoisotopic (exact) mass is 676 g/mol. The Kier molecular flexibility index (Phi) is 14.8. The summed E-state index contributed by atoms with van der Waals surface area (Å²) < 4.78 is 45.9. The van der Waals surface area contributed by atoms with Gasteiger partial charge in [0.25, 0.3) is 0 Å². The number of hydrogen-bond acceptors (Lipinski definition) is 16. The van der Waals surface area contributed by atoms with E-state index in [1.165, 1.54) is 13.3 Å². The Bertz CT molecular complexity index is 1250. The van der Waals surface area contributed by atoms with Gasteiger partial charge < -0.3 is 40.6 Å². The van der Waals surface area contributed by atoms with Crippen molar-refractivity contribution in [3.63, 3.8) is 0 Å². The second-order valence-corrected chi connectivity index (χ2v) is 13.2. The first-order valence-electron chi connectivity index (χ1n) is 15.1. The molecular formula is C28H49N6O11P. The molecule has 1 aliphatic carbocycles. The van der Waals surface area contributed by atoms with E-state index >= 15 is 0 Å². The molecule has 1 aromatic rings. The molecule has 7 atom stereocenters. The number of nitrogens with zero attached hydrogens (tertiary/aromatic N) is 3. The number of anilines is 2. The molecule has 0 bridgehead atoms. The minimum Gasteiger partial charge on any atom is -0.476 e. The summed E-state index contributed by atoms with van der Waals surface area (Å²) in [6.45, 7) is 11.0. The number of aliphatic imine (C=N–C) groups is 1. The van der Waals surface area contributed by atoms with Crippen molar-refractivity contribution < 1.29 is 52.4 Å². The van der Waals surface area contributed by atoms with Crippen LogP contribution in [0.1, 0.15) is 54.9 Å². The van der Waals surface area contributed by atoms with Gasteiger partial charge >= 0.3 is 19.7 Å². The maximum atomic E-state index is 13.9. The van der Waals surface area contributed by atoms with E-state index in [1.807, 2.05) is 13.8 Å². The fourth-order valence-corrected chi connectivity index (χ4v) is 6.12. The van der Waals surface area contributed by atoms with E-state index in [1.54, 1.807) is 34.6 Å². The van der Waals surface area contributed by atoms with E-state index in [0.717, 1.165) is 0 Å². The van der Waals surface area contributed by atoms with Gasteiger partial charge in [-0.15, -0.1) is 0 Å². The van der Waals surface area contributed by atoms with Crippen LogP contribution >= 0.6 is 7.75 Å². The second-order valence-electron chi connectivity index (χ2n) is 11.4. The fraction of sp³-hybridized carbons (Fsp3) is 0.750. The number of rotatable bonds is 20. The summed E-state index contributed by atoms with van der Waals surface area (Å²) in [5.41, 5.74) is 9.98. The molecule has 0 aliphatic heterocycles. The normalized spacial score (nSPS) is 22.8. The van der Waals surface area contributed by atoms with Crippen LogP contribution < -0.4 is 21.3 Å². The highest BCUT2D eigenvalue weighted by Gasteiger charge is 2.66. The van der Waals surface area contributed by atoms with E-state index in [9.17, 15) is 24.4 Å². The minimum atomic E-state index is -4.45. The molecule has 1 heterocycles. The molecule has 0 spiro atoms. The lowest BCUT2D eigenvalue weighted by Gasteiger charge is -2.30. The number of carbonyl (C=O) groups excluding carboxylic acids is 2. The molecular weight excluding hydrogens is 627 g/mol. The van der Waals surface area contributed by atoms with Crippen molar-refractivity contribution in [2.75, 3.05) is 45.0 Å². The van der Waals surface area contributed by atoms with E-state index in [-0.39, 0.29) is 48.9 Å². The summed E-state index contributed by atoms with van der Waals surface area (Å²) in [5.74, 6) is -2.81. The number of hydrogen-bond donors (Lipinski definition) is 5. The maximum Gasteiger partial charge on any atom is 0.406 e. The van der Waals surface area contributed by atoms with Crippen LogP contribution in [0.5, 0.6) is 5.88 Å². The van der Waals surface area contributed by atoms with Crippen molar-refractivity contribution in [2.45, 2.75) is 84.8 Å². The molecule has 1 aliphatic rings. The third-order valence-corrected chi connectivity index (χ3v) is 8.67. The number of nitrogens with one attached hydrogen (secondary N) is 1. The molecule has 5 unspecified atom stereocenters. The Morgan fingerprint density at radius 1 is 1.15 bits per heavy atom. The SMILES string of the molecule is CCOC(=O)COP(=O)(N[C@@H](CC(C)C)C(=O)OC(C)C)OCC(OC)C(O)[C@]1(O)C(C)C1C=Nc1c(N)nc(N)nc1OCC. The molecule has 0 aromatic carbocycles. The molecule has 1 fully saturated rings. The highest BCUT2D eigenvalue weighted by Crippen LogP contribution is 2.53. The summed E-state index contributed by atoms with van der Waals surface area (Å²) in [6.07, 6.45) is -1.69. The molecule has 1 aromatic heterocycles. The Morgan fingerprint density at radius 3 is 2.39 bits per heavy atom. The first-order valence-corrected chi connectivity index (χ1v) is 16.6. The highest BCUT2D eigenvalue weighted by molar-refractivity contribution is 7.51. The Morgan fingerprint density at radius 2 is 1.83 bits per heavy atom. The van der Waals surface area contributed by atoms with Crippen molar-refractivity contribution in [3.8, 4) is 5.88 Å². The summed E-state index contributed by atoms with van der Waals surface area (Å²) in [4.78, 5) is 37.1. The highest BCUT2D eigenvalue weighted by atomic mass is 31.2. The van der Waals surface area contributed by atoms with Crippen molar-refractivity contribution in [2.24, 2.45) is 22.7 Å². The fourth-order valence-electron chi connectivity index (χ4n) is 4.69. The van der Waals surface area contributed by atoms with Crippen molar-refractivity contribution in [3.05, 3.63) is 0 Å². The molecule has 1 saturated carbocycles. The lowest BCUT2D eigenvalue weighted by Crippen LogP contribution is -2.45. The zero-order chi connectivity index (χ0) is 34.8. The first-order chi connectivity index (χ1) is 21.5. The number of aliphatic hydroxyl groups excluding tert-OH is 1. The van der Waals surface area contributed by atoms with E-state index in [0.29, 0.717) is 0 Å². The Labute approximate surface area is 269 Å². The topological polar surface area (TPSA) is 249 Å². The molecule has 0 saturated heterocycles. The third-order valence-electron chi connectivity index (χ3n) is 7.09. The van der Waals surface area contributed by atoms with Crippen LogP contribution in [0.15, 0.2) is 4.99 Å². The van der Waals surface area contributed by atoms with Crippen LogP contribution in [0.4, 0.5) is 17.5 Å². The molecule has 262 valence electrons. The van der Waals surface area contributed by atoms with E-state index in [4.69, 9.17) is 39.5 Å². The standard InChI is InChI=1S/C28H49N6O11P/c1-9-41-21(35)14-44-46(39,34-19(11-15(3)4)26(37)45-16(5)6)43-13-20(40-8)23(36)28(38)17(7)18(28)12-31-22-24(29)32-27(30)33-25(22)42-10-2/h12,15-20,23,36,38H,9-11,13-14H2,1-8H3,(H,34,39)(H4,29,30,32,33)/t17?,18?,19-,20?,23?,28-,46?/m0/s1. The van der Waals surface area contributed by atoms with Gasteiger partial charge in [-0.2, -0.15) is 9.97 Å². The third kappa shape index (κ3) is 10.6. The lowest BCUT2D eigenvalue weighted by molar-refractivity contribution is -0.150. The number of nitrogens with two attached hydrogens (primary N) is 2. The van der Waals surface area contributed by atoms with Crippen LogP contribution in [0.3, 0.4) is 0 Å². The van der Waals surface area contributed by atoms with Gasteiger partial charge in [-0.05, 0) is 46.0 Å². The predicted octanol–water partition coefficient (Wildman–Crippen LogP) is 1.78. The van der Waals surface area contributed by atoms with Crippen LogP contribution in [0, 0.1) is 17.8 Å². The van der Waals surface area contributed by atoms with Crippen LogP contribution in [0.2, 0.25) is 0 Å². The molecule has 2 rings (SSSR count). The first kappa shape index (κ1) is 39.3. The van der Waals surface area contributed by atoms with E-state index in [2.05, 4.69) is 20.0 Å². The molecule has 7 N–H and O–H groups in total. The Hall–Kier alpha value is -2.92. The summed E-state index contributed by atoms with van der Waals surface area (Å²) in [5, 5.41) is 25.3. The number of nitrogen functional groups attached to an aromatic ring is 2. The number of ether oxygens (including phenoxy) is 4. The van der Waals surface area contributed by atoms with Gasteiger partial charge in [0.15, 0.2) is 18.1 Å². The number of carbonyl (C=O) groups is 2.